The van der Waals surface area contributed by atoms with Gasteiger partial charge in [-0.2, -0.15) is 55.5 Å². The van der Waals surface area contributed by atoms with Crippen molar-refractivity contribution in [2.24, 2.45) is 22.1 Å². The average Bonchev–Trinajstić information content (AvgIpc) is 3.91. The van der Waals surface area contributed by atoms with Gasteiger partial charge in [0, 0.05) is 58.0 Å². The second-order valence-corrected chi connectivity index (χ2v) is 17.1. The highest BCUT2D eigenvalue weighted by atomic mass is 32.1. The molecule has 52 heavy (non-hydrogen) atoms. The average molecular weight is 763 g/mol. The van der Waals surface area contributed by atoms with Crippen LogP contribution in [-0.2, 0) is 28.5 Å². The lowest BCUT2D eigenvalue weighted by atomic mass is 9.70. The standard InChI is InChI=1S/2C20H19N3OS2/c1-24-23-18(13-2-3-13)19-16-4-7-20(10-17(16)21-22-19,14-5-8-25-11-14)15-6-9-26-12-15;24-23-18(13-2-1-3-13)19-16-4-7-20(10-17(16)21-22-19,14-5-8-25-11-14)15-6-9-26-12-15/h4-9,11-13H,2-3,10H2,1H3,(H,21,22);4-9,11-13,24H,1-3,10H2,(H,21,22). The quantitative estimate of drug-likeness (QED) is 0.0774. The van der Waals surface area contributed by atoms with Crippen LogP contribution in [0, 0.1) is 11.8 Å². The Hall–Kier alpha value is -4.36. The molecule has 0 aromatic carbocycles. The first-order valence-electron chi connectivity index (χ1n) is 17.6. The fourth-order valence-electron chi connectivity index (χ4n) is 7.89. The van der Waals surface area contributed by atoms with Crippen molar-refractivity contribution in [3.63, 3.8) is 0 Å². The predicted molar refractivity (Wildman–Crippen MR) is 213 cm³/mol. The van der Waals surface area contributed by atoms with E-state index >= 15 is 0 Å². The highest BCUT2D eigenvalue weighted by molar-refractivity contribution is 7.08. The van der Waals surface area contributed by atoms with Gasteiger partial charge >= 0.3 is 0 Å². The zero-order chi connectivity index (χ0) is 35.1. The maximum Gasteiger partial charge on any atom is 0.117 e. The summed E-state index contributed by atoms with van der Waals surface area (Å²) >= 11 is 6.95. The Morgan fingerprint density at radius 2 is 1.13 bits per heavy atom. The van der Waals surface area contributed by atoms with E-state index in [0.717, 1.165) is 65.3 Å². The number of hydrogen-bond donors (Lipinski definition) is 3. The van der Waals surface area contributed by atoms with E-state index in [9.17, 15) is 5.21 Å². The lowest BCUT2D eigenvalue weighted by Gasteiger charge is -2.32. The van der Waals surface area contributed by atoms with Crippen molar-refractivity contribution in [1.29, 1.82) is 0 Å². The molecule has 10 rings (SSSR count). The van der Waals surface area contributed by atoms with E-state index in [0.29, 0.717) is 11.8 Å². The summed E-state index contributed by atoms with van der Waals surface area (Å²) in [6.07, 6.45) is 16.4. The van der Waals surface area contributed by atoms with Crippen LogP contribution in [-0.4, -0.2) is 44.1 Å². The summed E-state index contributed by atoms with van der Waals surface area (Å²) in [4.78, 5) is 5.09. The van der Waals surface area contributed by atoms with E-state index in [1.165, 1.54) is 47.2 Å². The summed E-state index contributed by atoms with van der Waals surface area (Å²) in [5, 5.41) is 50.7. The summed E-state index contributed by atoms with van der Waals surface area (Å²) in [5.74, 6) is 0.817. The van der Waals surface area contributed by atoms with Gasteiger partial charge in [-0.15, -0.1) is 0 Å². The molecule has 6 aromatic heterocycles. The first-order valence-corrected chi connectivity index (χ1v) is 21.4. The summed E-state index contributed by atoms with van der Waals surface area (Å²) < 4.78 is 0. The molecule has 2 fully saturated rings. The van der Waals surface area contributed by atoms with E-state index in [1.807, 2.05) is 0 Å². The third kappa shape index (κ3) is 5.76. The van der Waals surface area contributed by atoms with Gasteiger partial charge in [0.1, 0.15) is 29.9 Å². The first-order chi connectivity index (χ1) is 25.6. The minimum Gasteiger partial charge on any atom is -0.411 e. The van der Waals surface area contributed by atoms with Crippen molar-refractivity contribution in [3.8, 4) is 0 Å². The van der Waals surface area contributed by atoms with Gasteiger partial charge in [-0.25, -0.2) is 0 Å². The number of aromatic nitrogens is 4. The first kappa shape index (κ1) is 33.5. The smallest absolute Gasteiger partial charge is 0.117 e. The number of rotatable bonds is 9. The fraction of sp³-hybridized carbons (Fsp3) is 0.300. The van der Waals surface area contributed by atoms with Crippen LogP contribution >= 0.6 is 45.3 Å². The number of H-pyrrole nitrogens is 2. The minimum atomic E-state index is -0.163. The zero-order valence-corrected chi connectivity index (χ0v) is 31.9. The van der Waals surface area contributed by atoms with Crippen molar-refractivity contribution in [2.45, 2.75) is 55.8 Å². The van der Waals surface area contributed by atoms with E-state index in [1.54, 1.807) is 52.5 Å². The molecule has 8 nitrogen and oxygen atoms in total. The molecular formula is C40H38N6O2S4. The Morgan fingerprint density at radius 3 is 1.48 bits per heavy atom. The molecule has 264 valence electrons. The summed E-state index contributed by atoms with van der Waals surface area (Å²) in [6, 6.07) is 8.89. The number of hydrogen-bond acceptors (Lipinski definition) is 10. The van der Waals surface area contributed by atoms with Crippen LogP contribution < -0.4 is 0 Å². The molecule has 12 heteroatoms. The number of oxime groups is 2. The molecule has 4 aliphatic rings. The molecule has 0 aliphatic heterocycles. The Kier molecular flexibility index (Phi) is 8.94. The van der Waals surface area contributed by atoms with Gasteiger partial charge in [0.15, 0.2) is 0 Å². The monoisotopic (exact) mass is 762 g/mol. The SMILES string of the molecule is CON=C(c1n[nH]c2c1C=CC(c1ccsc1)(c1ccsc1)C2)C1CC1.ON=C(c1n[nH]c2c1C=CC(c1ccsc1)(c1ccsc1)C2)C1CCC1. The van der Waals surface area contributed by atoms with Crippen molar-refractivity contribution >= 4 is 68.9 Å². The molecule has 0 amide bonds. The summed E-state index contributed by atoms with van der Waals surface area (Å²) in [5.41, 5.74) is 13.0. The van der Waals surface area contributed by atoms with E-state index in [4.69, 9.17) is 4.84 Å². The van der Waals surface area contributed by atoms with E-state index in [-0.39, 0.29) is 10.8 Å². The molecule has 6 heterocycles. The third-order valence-corrected chi connectivity index (χ3v) is 13.9. The Labute approximate surface area is 318 Å². The third-order valence-electron chi connectivity index (χ3n) is 11.1. The van der Waals surface area contributed by atoms with Crippen LogP contribution in [0.5, 0.6) is 0 Å². The molecule has 0 saturated heterocycles. The number of thiophene rings is 4. The normalized spacial score (nSPS) is 19.0. The van der Waals surface area contributed by atoms with E-state index in [2.05, 4.69) is 122 Å². The number of aromatic amines is 2. The van der Waals surface area contributed by atoms with Crippen LogP contribution in [0.15, 0.2) is 89.8 Å². The lowest BCUT2D eigenvalue weighted by molar-refractivity contribution is 0.212. The molecular weight excluding hydrogens is 725 g/mol. The minimum absolute atomic E-state index is 0.130. The number of nitrogens with zero attached hydrogens (tertiary/aromatic N) is 4. The lowest BCUT2D eigenvalue weighted by Crippen LogP contribution is -2.30. The number of allylic oxidation sites excluding steroid dienone is 2. The van der Waals surface area contributed by atoms with Gasteiger partial charge in [0.2, 0.25) is 0 Å². The molecule has 0 unspecified atom stereocenters. The number of nitrogens with one attached hydrogen (secondary N) is 2. The van der Waals surface area contributed by atoms with Crippen LogP contribution in [0.25, 0.3) is 12.2 Å². The second-order valence-electron chi connectivity index (χ2n) is 14.0. The molecule has 6 aromatic rings. The van der Waals surface area contributed by atoms with Crippen molar-refractivity contribution in [1.82, 2.24) is 20.4 Å². The van der Waals surface area contributed by atoms with Gasteiger partial charge < -0.3 is 10.0 Å². The Morgan fingerprint density at radius 1 is 0.692 bits per heavy atom. The molecule has 2 saturated carbocycles. The van der Waals surface area contributed by atoms with Crippen molar-refractivity contribution in [3.05, 3.63) is 136 Å². The summed E-state index contributed by atoms with van der Waals surface area (Å²) in [7, 11) is 1.61. The van der Waals surface area contributed by atoms with Crippen LogP contribution in [0.4, 0.5) is 0 Å². The van der Waals surface area contributed by atoms with Gasteiger partial charge in [-0.3, -0.25) is 10.2 Å². The van der Waals surface area contributed by atoms with Gasteiger partial charge in [-0.1, -0.05) is 41.0 Å². The van der Waals surface area contributed by atoms with Crippen molar-refractivity contribution < 1.29 is 10.0 Å². The maximum absolute atomic E-state index is 9.55. The highest BCUT2D eigenvalue weighted by Gasteiger charge is 2.40. The van der Waals surface area contributed by atoms with Gasteiger partial charge in [0.05, 0.1) is 0 Å². The molecule has 3 N–H and O–H groups in total. The van der Waals surface area contributed by atoms with Crippen LogP contribution in [0.1, 0.15) is 88.3 Å². The molecule has 0 radical (unpaired) electrons. The fourth-order valence-corrected chi connectivity index (χ4v) is 10.8. The Balaban J connectivity index is 0.000000138. The largest absolute Gasteiger partial charge is 0.411 e. The number of fused-ring (bicyclic) bond motifs is 2. The van der Waals surface area contributed by atoms with Crippen molar-refractivity contribution in [2.75, 3.05) is 7.11 Å². The molecule has 0 atom stereocenters. The van der Waals surface area contributed by atoms with Crippen LogP contribution in [0.3, 0.4) is 0 Å². The predicted octanol–water partition coefficient (Wildman–Crippen LogP) is 9.92. The highest BCUT2D eigenvalue weighted by Crippen LogP contribution is 2.46. The van der Waals surface area contributed by atoms with Crippen LogP contribution in [0.2, 0.25) is 0 Å². The molecule has 0 bridgehead atoms. The maximum atomic E-state index is 9.55. The molecule has 0 spiro atoms. The van der Waals surface area contributed by atoms with Gasteiger partial charge in [-0.05, 0) is 115 Å². The summed E-state index contributed by atoms with van der Waals surface area (Å²) in [6.45, 7) is 0. The van der Waals surface area contributed by atoms with Gasteiger partial charge in [0.25, 0.3) is 0 Å². The van der Waals surface area contributed by atoms with E-state index < -0.39 is 0 Å². The second kappa shape index (κ2) is 13.9. The zero-order valence-electron chi connectivity index (χ0n) is 28.6. The topological polar surface area (TPSA) is 112 Å². The molecule has 4 aliphatic carbocycles. The Bertz CT molecular complexity index is 2180.